The predicted octanol–water partition coefficient (Wildman–Crippen LogP) is 6.13. The fraction of sp³-hybridized carbons (Fsp3) is 0.419. The monoisotopic (exact) mass is 596 g/mol. The van der Waals surface area contributed by atoms with Crippen molar-refractivity contribution in [2.45, 2.75) is 84.3 Å². The Morgan fingerprint density at radius 1 is 1.00 bits per heavy atom. The van der Waals surface area contributed by atoms with E-state index in [0.717, 1.165) is 22.8 Å². The van der Waals surface area contributed by atoms with Gasteiger partial charge in [-0.25, -0.2) is 32.7 Å². The number of aromatic nitrogens is 2. The molecule has 0 aliphatic rings. The summed E-state index contributed by atoms with van der Waals surface area (Å²) in [6, 6.07) is 12.6. The lowest BCUT2D eigenvalue weighted by Crippen LogP contribution is -2.40. The fourth-order valence-electron chi connectivity index (χ4n) is 4.61. The van der Waals surface area contributed by atoms with Crippen molar-refractivity contribution in [3.05, 3.63) is 70.9 Å². The molecule has 0 spiro atoms. The minimum atomic E-state index is -4.20. The van der Waals surface area contributed by atoms with E-state index in [1.165, 1.54) is 18.2 Å². The van der Waals surface area contributed by atoms with E-state index in [2.05, 4.69) is 33.9 Å². The first kappa shape index (κ1) is 32.5. The molecule has 3 rings (SSSR count). The molecule has 42 heavy (non-hydrogen) atoms. The number of ether oxygens (including phenoxy) is 1. The molecule has 3 N–H and O–H groups in total. The molecule has 0 saturated heterocycles. The molecule has 10 nitrogen and oxygen atoms in total. The summed E-state index contributed by atoms with van der Waals surface area (Å²) in [4.78, 5) is 32.8. The summed E-state index contributed by atoms with van der Waals surface area (Å²) in [5, 5.41) is 12.3. The number of hydrogen-bond acceptors (Lipinski definition) is 7. The van der Waals surface area contributed by atoms with Crippen LogP contribution in [0.2, 0.25) is 0 Å². The summed E-state index contributed by atoms with van der Waals surface area (Å²) in [7, 11) is -4.20. The third-order valence-electron chi connectivity index (χ3n) is 6.36. The lowest BCUT2D eigenvalue weighted by molar-refractivity contribution is 0.0495. The molecule has 1 atom stereocenters. The van der Waals surface area contributed by atoms with Crippen LogP contribution in [0.1, 0.15) is 74.6 Å². The molecule has 2 aromatic carbocycles. The normalized spacial score (nSPS) is 12.6. The summed E-state index contributed by atoms with van der Waals surface area (Å²) in [6.45, 7) is 13.5. The van der Waals surface area contributed by atoms with Crippen molar-refractivity contribution in [2.75, 3.05) is 4.72 Å². The molecule has 11 heteroatoms. The molecule has 226 valence electrons. The van der Waals surface area contributed by atoms with Crippen LogP contribution in [0.15, 0.2) is 53.4 Å². The van der Waals surface area contributed by atoms with Crippen molar-refractivity contribution in [2.24, 2.45) is 5.92 Å². The SMILES string of the molecule is Cc1cccc(C)c1-c1cc(CC[C@@H](CC(C)C)NC(=O)OC(C)(C)C)nc(NS(=O)(=O)c2cccc(C(=O)O)c2)n1. The highest BCUT2D eigenvalue weighted by molar-refractivity contribution is 7.92. The molecular weight excluding hydrogens is 556 g/mol. The second-order valence-electron chi connectivity index (χ2n) is 11.8. The molecule has 3 aromatic rings. The molecule has 0 aliphatic carbocycles. The number of anilines is 1. The summed E-state index contributed by atoms with van der Waals surface area (Å²) in [5.41, 5.74) is 3.14. The summed E-state index contributed by atoms with van der Waals surface area (Å²) in [5.74, 6) is -1.06. The number of nitrogens with one attached hydrogen (secondary N) is 2. The Balaban J connectivity index is 1.98. The van der Waals surface area contributed by atoms with Crippen LogP contribution in [0.25, 0.3) is 11.3 Å². The Morgan fingerprint density at radius 3 is 2.24 bits per heavy atom. The minimum absolute atomic E-state index is 0.133. The van der Waals surface area contributed by atoms with Gasteiger partial charge < -0.3 is 15.2 Å². The average molecular weight is 597 g/mol. The van der Waals surface area contributed by atoms with E-state index in [1.807, 2.05) is 38.1 Å². The van der Waals surface area contributed by atoms with Crippen molar-refractivity contribution < 1.29 is 27.9 Å². The van der Waals surface area contributed by atoms with Crippen molar-refractivity contribution >= 4 is 28.0 Å². The van der Waals surface area contributed by atoms with Gasteiger partial charge in [0.2, 0.25) is 5.95 Å². The predicted molar refractivity (Wildman–Crippen MR) is 162 cm³/mol. The number of carbonyl (C=O) groups is 2. The number of hydrogen-bond donors (Lipinski definition) is 3. The van der Waals surface area contributed by atoms with Crippen LogP contribution >= 0.6 is 0 Å². The van der Waals surface area contributed by atoms with Gasteiger partial charge in [0, 0.05) is 17.3 Å². The highest BCUT2D eigenvalue weighted by Crippen LogP contribution is 2.28. The van der Waals surface area contributed by atoms with E-state index in [0.29, 0.717) is 36.6 Å². The standard InChI is InChI=1S/C31H40N4O6S/c1-19(2)16-23(33-30(38)41-31(5,6)7)14-15-24-18-26(27-20(3)10-8-11-21(27)4)34-29(32-24)35-42(39,40)25-13-9-12-22(17-25)28(36)37/h8-13,17-19,23H,14-16H2,1-7H3,(H,33,38)(H,36,37)(H,32,34,35)/t23-/m0/s1. The number of alkyl carbamates (subject to hydrolysis) is 1. The Morgan fingerprint density at radius 2 is 1.64 bits per heavy atom. The van der Waals surface area contributed by atoms with Gasteiger partial charge in [0.25, 0.3) is 10.0 Å². The number of aromatic carboxylic acids is 1. The summed E-state index contributed by atoms with van der Waals surface area (Å²) in [6.07, 6.45) is 1.18. The van der Waals surface area contributed by atoms with Gasteiger partial charge in [0.1, 0.15) is 5.60 Å². The Kier molecular flexibility index (Phi) is 10.3. The van der Waals surface area contributed by atoms with Crippen LogP contribution < -0.4 is 10.0 Å². The van der Waals surface area contributed by atoms with Crippen molar-refractivity contribution in [1.29, 1.82) is 0 Å². The smallest absolute Gasteiger partial charge is 0.407 e. The Labute approximate surface area is 248 Å². The first-order valence-corrected chi connectivity index (χ1v) is 15.3. The zero-order chi connectivity index (χ0) is 31.2. The van der Waals surface area contributed by atoms with Crippen LogP contribution in [0, 0.1) is 19.8 Å². The molecule has 1 heterocycles. The topological polar surface area (TPSA) is 148 Å². The van der Waals surface area contributed by atoms with E-state index < -0.39 is 27.7 Å². The van der Waals surface area contributed by atoms with E-state index in [-0.39, 0.29) is 22.4 Å². The average Bonchev–Trinajstić information content (AvgIpc) is 2.85. The molecular formula is C31H40N4O6S. The molecule has 0 fully saturated rings. The fourth-order valence-corrected chi connectivity index (χ4v) is 5.60. The van der Waals surface area contributed by atoms with Gasteiger partial charge in [-0.2, -0.15) is 0 Å². The van der Waals surface area contributed by atoms with Gasteiger partial charge in [-0.1, -0.05) is 38.1 Å². The van der Waals surface area contributed by atoms with Gasteiger partial charge in [0.15, 0.2) is 0 Å². The minimum Gasteiger partial charge on any atom is -0.478 e. The molecule has 0 bridgehead atoms. The van der Waals surface area contributed by atoms with Gasteiger partial charge >= 0.3 is 12.1 Å². The van der Waals surface area contributed by atoms with Crippen LogP contribution in [-0.4, -0.2) is 47.2 Å². The van der Waals surface area contributed by atoms with E-state index >= 15 is 0 Å². The molecule has 1 aromatic heterocycles. The lowest BCUT2D eigenvalue weighted by atomic mass is 9.97. The van der Waals surface area contributed by atoms with Crippen molar-refractivity contribution in [1.82, 2.24) is 15.3 Å². The molecule has 0 saturated carbocycles. The molecule has 0 aliphatic heterocycles. The van der Waals surface area contributed by atoms with E-state index in [9.17, 15) is 23.1 Å². The Bertz CT molecular complexity index is 1530. The number of carbonyl (C=O) groups excluding carboxylic acids is 1. The largest absolute Gasteiger partial charge is 0.478 e. The van der Waals surface area contributed by atoms with Gasteiger partial charge in [-0.05, 0) is 95.2 Å². The number of nitrogens with zero attached hydrogens (tertiary/aromatic N) is 2. The van der Waals surface area contributed by atoms with Crippen LogP contribution in [0.4, 0.5) is 10.7 Å². The molecule has 0 unspecified atom stereocenters. The van der Waals surface area contributed by atoms with E-state index in [4.69, 9.17) is 4.74 Å². The maximum Gasteiger partial charge on any atom is 0.407 e. The van der Waals surface area contributed by atoms with Crippen LogP contribution in [-0.2, 0) is 21.2 Å². The molecule has 1 amide bonds. The number of benzene rings is 2. The van der Waals surface area contributed by atoms with Gasteiger partial charge in [0.05, 0.1) is 16.2 Å². The van der Waals surface area contributed by atoms with Crippen molar-refractivity contribution in [3.63, 3.8) is 0 Å². The lowest BCUT2D eigenvalue weighted by Gasteiger charge is -2.24. The summed E-state index contributed by atoms with van der Waals surface area (Å²) >= 11 is 0. The number of rotatable bonds is 11. The second-order valence-corrected chi connectivity index (χ2v) is 13.5. The zero-order valence-electron chi connectivity index (χ0n) is 25.2. The third kappa shape index (κ3) is 9.27. The first-order chi connectivity index (χ1) is 19.5. The second kappa shape index (κ2) is 13.3. The number of amides is 1. The van der Waals surface area contributed by atoms with Crippen LogP contribution in [0.5, 0.6) is 0 Å². The maximum absolute atomic E-state index is 13.2. The number of carboxylic acid groups (broad SMARTS) is 1. The quantitative estimate of drug-likeness (QED) is 0.239. The zero-order valence-corrected chi connectivity index (χ0v) is 26.0. The van der Waals surface area contributed by atoms with E-state index in [1.54, 1.807) is 20.8 Å². The summed E-state index contributed by atoms with van der Waals surface area (Å²) < 4.78 is 34.4. The van der Waals surface area contributed by atoms with Crippen LogP contribution in [0.3, 0.4) is 0 Å². The van der Waals surface area contributed by atoms with Gasteiger partial charge in [-0.15, -0.1) is 0 Å². The molecule has 0 radical (unpaired) electrons. The van der Waals surface area contributed by atoms with Crippen molar-refractivity contribution in [3.8, 4) is 11.3 Å². The maximum atomic E-state index is 13.2. The Hall–Kier alpha value is -3.99. The highest BCUT2D eigenvalue weighted by Gasteiger charge is 2.22. The third-order valence-corrected chi connectivity index (χ3v) is 7.68. The number of aryl methyl sites for hydroxylation is 3. The number of sulfonamides is 1. The van der Waals surface area contributed by atoms with Gasteiger partial charge in [-0.3, -0.25) is 0 Å². The first-order valence-electron chi connectivity index (χ1n) is 13.8. The highest BCUT2D eigenvalue weighted by atomic mass is 32.2. The number of carboxylic acids is 1.